The summed E-state index contributed by atoms with van der Waals surface area (Å²) in [4.78, 5) is 28.2. The van der Waals surface area contributed by atoms with Gasteiger partial charge in [0.15, 0.2) is 0 Å². The fraction of sp³-hybridized carbons (Fsp3) is 0.150. The number of hydrogen-bond acceptors (Lipinski definition) is 4. The summed E-state index contributed by atoms with van der Waals surface area (Å²) in [6.07, 6.45) is 0. The topological polar surface area (TPSA) is 80.3 Å². The average Bonchev–Trinajstić information content (AvgIpc) is 2.62. The highest BCUT2D eigenvalue weighted by molar-refractivity contribution is 6.07. The Hall–Kier alpha value is -3.41. The van der Waals surface area contributed by atoms with E-state index in [0.717, 1.165) is 10.9 Å². The number of ether oxygens (including phenoxy) is 1. The van der Waals surface area contributed by atoms with Gasteiger partial charge in [0.05, 0.1) is 23.9 Å². The third-order valence-electron chi connectivity index (χ3n) is 3.92. The minimum Gasteiger partial charge on any atom is -0.497 e. The van der Waals surface area contributed by atoms with Crippen LogP contribution in [0.25, 0.3) is 10.9 Å². The minimum atomic E-state index is -0.244. The normalized spacial score (nSPS) is 10.4. The van der Waals surface area contributed by atoms with E-state index in [1.165, 1.54) is 6.92 Å². The number of anilines is 2. The molecule has 2 aromatic carbocycles. The molecule has 0 saturated carbocycles. The van der Waals surface area contributed by atoms with Gasteiger partial charge < -0.3 is 15.4 Å². The summed E-state index contributed by atoms with van der Waals surface area (Å²) in [7, 11) is 1.60. The lowest BCUT2D eigenvalue weighted by Gasteiger charge is -2.10. The Kier molecular flexibility index (Phi) is 4.84. The zero-order chi connectivity index (χ0) is 18.7. The number of benzene rings is 2. The van der Waals surface area contributed by atoms with Crippen LogP contribution in [0.2, 0.25) is 0 Å². The first-order valence-corrected chi connectivity index (χ1v) is 8.10. The first kappa shape index (κ1) is 17.4. The summed E-state index contributed by atoms with van der Waals surface area (Å²) in [5, 5.41) is 6.37. The molecule has 0 spiro atoms. The summed E-state index contributed by atoms with van der Waals surface area (Å²) < 4.78 is 5.23. The van der Waals surface area contributed by atoms with Crippen LogP contribution in [-0.4, -0.2) is 23.9 Å². The van der Waals surface area contributed by atoms with Crippen LogP contribution in [-0.2, 0) is 4.79 Å². The molecule has 0 saturated heterocycles. The first-order chi connectivity index (χ1) is 12.5. The summed E-state index contributed by atoms with van der Waals surface area (Å²) in [6, 6.07) is 14.3. The van der Waals surface area contributed by atoms with Crippen LogP contribution in [0.15, 0.2) is 48.5 Å². The van der Waals surface area contributed by atoms with Crippen molar-refractivity contribution >= 4 is 34.1 Å². The van der Waals surface area contributed by atoms with Crippen molar-refractivity contribution in [3.63, 3.8) is 0 Å². The fourth-order valence-corrected chi connectivity index (χ4v) is 2.65. The molecule has 132 valence electrons. The van der Waals surface area contributed by atoms with Crippen molar-refractivity contribution in [1.82, 2.24) is 4.98 Å². The SMILES string of the molecule is COc1ccc2nc(C)c(C(=O)Nc3ccc(NC(C)=O)cc3)cc2c1. The Balaban J connectivity index is 1.84. The summed E-state index contributed by atoms with van der Waals surface area (Å²) in [5.74, 6) is 0.324. The smallest absolute Gasteiger partial charge is 0.257 e. The van der Waals surface area contributed by atoms with Gasteiger partial charge in [0.1, 0.15) is 5.75 Å². The van der Waals surface area contributed by atoms with Gasteiger partial charge in [-0.25, -0.2) is 0 Å². The molecule has 1 aromatic heterocycles. The van der Waals surface area contributed by atoms with Gasteiger partial charge in [-0.1, -0.05) is 0 Å². The monoisotopic (exact) mass is 349 g/mol. The van der Waals surface area contributed by atoms with Crippen LogP contribution in [0.1, 0.15) is 23.0 Å². The summed E-state index contributed by atoms with van der Waals surface area (Å²) in [6.45, 7) is 3.25. The molecule has 0 aliphatic carbocycles. The van der Waals surface area contributed by atoms with Crippen LogP contribution < -0.4 is 15.4 Å². The molecule has 2 amide bonds. The van der Waals surface area contributed by atoms with Crippen molar-refractivity contribution in [2.24, 2.45) is 0 Å². The molecule has 0 aliphatic rings. The third kappa shape index (κ3) is 3.80. The minimum absolute atomic E-state index is 0.143. The maximum atomic E-state index is 12.6. The van der Waals surface area contributed by atoms with E-state index in [4.69, 9.17) is 4.74 Å². The van der Waals surface area contributed by atoms with Crippen LogP contribution in [0.5, 0.6) is 5.75 Å². The molecule has 2 N–H and O–H groups in total. The number of rotatable bonds is 4. The van der Waals surface area contributed by atoms with Gasteiger partial charge >= 0.3 is 0 Å². The van der Waals surface area contributed by atoms with Gasteiger partial charge in [0, 0.05) is 23.7 Å². The van der Waals surface area contributed by atoms with Gasteiger partial charge in [-0.05, 0) is 55.5 Å². The second-order valence-electron chi connectivity index (χ2n) is 5.89. The quantitative estimate of drug-likeness (QED) is 0.751. The Morgan fingerprint density at radius 3 is 2.23 bits per heavy atom. The number of pyridine rings is 1. The number of aromatic nitrogens is 1. The molecule has 6 nitrogen and oxygen atoms in total. The molecule has 26 heavy (non-hydrogen) atoms. The Morgan fingerprint density at radius 2 is 1.62 bits per heavy atom. The molecule has 0 bridgehead atoms. The molecule has 3 aromatic rings. The average molecular weight is 349 g/mol. The fourth-order valence-electron chi connectivity index (χ4n) is 2.65. The van der Waals surface area contributed by atoms with Crippen LogP contribution >= 0.6 is 0 Å². The van der Waals surface area contributed by atoms with Crippen molar-refractivity contribution in [1.29, 1.82) is 0 Å². The first-order valence-electron chi connectivity index (χ1n) is 8.10. The van der Waals surface area contributed by atoms with E-state index < -0.39 is 0 Å². The predicted octanol–water partition coefficient (Wildman–Crippen LogP) is 3.76. The van der Waals surface area contributed by atoms with Crippen LogP contribution in [0, 0.1) is 6.92 Å². The number of nitrogens with one attached hydrogen (secondary N) is 2. The maximum absolute atomic E-state index is 12.6. The van der Waals surface area contributed by atoms with E-state index in [-0.39, 0.29) is 11.8 Å². The van der Waals surface area contributed by atoms with Gasteiger partial charge in [-0.3, -0.25) is 14.6 Å². The lowest BCUT2D eigenvalue weighted by Crippen LogP contribution is -2.14. The number of methoxy groups -OCH3 is 1. The second-order valence-corrected chi connectivity index (χ2v) is 5.89. The highest BCUT2D eigenvalue weighted by Crippen LogP contribution is 2.23. The molecule has 0 atom stereocenters. The molecular formula is C20H19N3O3. The lowest BCUT2D eigenvalue weighted by atomic mass is 10.1. The Labute approximate surface area is 151 Å². The van der Waals surface area contributed by atoms with E-state index in [2.05, 4.69) is 15.6 Å². The van der Waals surface area contributed by atoms with Crippen molar-refractivity contribution in [3.05, 3.63) is 59.8 Å². The number of carbonyl (C=O) groups is 2. The summed E-state index contributed by atoms with van der Waals surface area (Å²) in [5.41, 5.74) is 3.26. The highest BCUT2D eigenvalue weighted by atomic mass is 16.5. The van der Waals surface area contributed by atoms with Crippen molar-refractivity contribution in [2.45, 2.75) is 13.8 Å². The Morgan fingerprint density at radius 1 is 0.962 bits per heavy atom. The second kappa shape index (κ2) is 7.23. The predicted molar refractivity (Wildman–Crippen MR) is 102 cm³/mol. The number of hydrogen-bond donors (Lipinski definition) is 2. The number of carbonyl (C=O) groups excluding carboxylic acids is 2. The molecular weight excluding hydrogens is 330 g/mol. The summed E-state index contributed by atoms with van der Waals surface area (Å²) >= 11 is 0. The van der Waals surface area contributed by atoms with Crippen LogP contribution in [0.4, 0.5) is 11.4 Å². The van der Waals surface area contributed by atoms with Gasteiger partial charge in [-0.2, -0.15) is 0 Å². The zero-order valence-corrected chi connectivity index (χ0v) is 14.8. The zero-order valence-electron chi connectivity index (χ0n) is 14.8. The van der Waals surface area contributed by atoms with Crippen molar-refractivity contribution in [2.75, 3.05) is 17.7 Å². The molecule has 6 heteroatoms. The van der Waals surface area contributed by atoms with Gasteiger partial charge in [0.25, 0.3) is 5.91 Å². The van der Waals surface area contributed by atoms with E-state index in [1.54, 1.807) is 44.4 Å². The Bertz CT molecular complexity index is 982. The van der Waals surface area contributed by atoms with Crippen molar-refractivity contribution < 1.29 is 14.3 Å². The number of nitrogens with zero attached hydrogens (tertiary/aromatic N) is 1. The number of fused-ring (bicyclic) bond motifs is 1. The van der Waals surface area contributed by atoms with E-state index in [9.17, 15) is 9.59 Å². The molecule has 0 aliphatic heterocycles. The third-order valence-corrected chi connectivity index (χ3v) is 3.92. The number of aryl methyl sites for hydroxylation is 1. The molecule has 0 fully saturated rings. The van der Waals surface area contributed by atoms with Crippen LogP contribution in [0.3, 0.4) is 0 Å². The maximum Gasteiger partial charge on any atom is 0.257 e. The van der Waals surface area contributed by atoms with E-state index in [1.807, 2.05) is 18.2 Å². The molecule has 1 heterocycles. The highest BCUT2D eigenvalue weighted by Gasteiger charge is 2.12. The number of amides is 2. The molecule has 3 rings (SSSR count). The lowest BCUT2D eigenvalue weighted by molar-refractivity contribution is -0.114. The van der Waals surface area contributed by atoms with Gasteiger partial charge in [0.2, 0.25) is 5.91 Å². The standard InChI is InChI=1S/C20H19N3O3/c1-12-18(11-14-10-17(26-3)8-9-19(14)21-12)20(25)23-16-6-4-15(5-7-16)22-13(2)24/h4-11H,1-3H3,(H,22,24)(H,23,25). The molecule has 0 unspecified atom stereocenters. The molecule has 0 radical (unpaired) electrons. The van der Waals surface area contributed by atoms with Crippen molar-refractivity contribution in [3.8, 4) is 5.75 Å². The van der Waals surface area contributed by atoms with Gasteiger partial charge in [-0.15, -0.1) is 0 Å². The largest absolute Gasteiger partial charge is 0.497 e. The van der Waals surface area contributed by atoms with E-state index in [0.29, 0.717) is 28.4 Å². The van der Waals surface area contributed by atoms with E-state index >= 15 is 0 Å².